The normalized spacial score (nSPS) is 20.5. The van der Waals surface area contributed by atoms with Crippen LogP contribution in [0.5, 0.6) is 0 Å². The molecule has 3 heterocycles. The summed E-state index contributed by atoms with van der Waals surface area (Å²) in [6, 6.07) is 4.61. The van der Waals surface area contributed by atoms with Crippen molar-refractivity contribution in [1.29, 1.82) is 0 Å². The van der Waals surface area contributed by atoms with Crippen molar-refractivity contribution in [2.24, 2.45) is 0 Å². The van der Waals surface area contributed by atoms with E-state index >= 15 is 0 Å². The molecule has 0 aromatic carbocycles. The van der Waals surface area contributed by atoms with Crippen LogP contribution in [-0.2, 0) is 11.3 Å². The molecule has 0 bridgehead atoms. The molecule has 0 spiro atoms. The van der Waals surface area contributed by atoms with Gasteiger partial charge in [0.2, 0.25) is 5.89 Å². The van der Waals surface area contributed by atoms with Crippen LogP contribution < -0.4 is 0 Å². The van der Waals surface area contributed by atoms with Crippen LogP contribution in [0.1, 0.15) is 12.6 Å². The minimum absolute atomic E-state index is 0.549. The van der Waals surface area contributed by atoms with Gasteiger partial charge in [0, 0.05) is 45.9 Å². The number of aromatic nitrogens is 1. The fraction of sp³-hybridized carbons (Fsp3) is 0.562. The van der Waals surface area contributed by atoms with E-state index in [0.717, 1.165) is 55.8 Å². The molecule has 1 aliphatic heterocycles. The van der Waals surface area contributed by atoms with Gasteiger partial charge >= 0.3 is 0 Å². The molecule has 22 heavy (non-hydrogen) atoms. The monoisotopic (exact) mass is 321 g/mol. The fourth-order valence-corrected chi connectivity index (χ4v) is 3.53. The number of hydrogen-bond acceptors (Lipinski definition) is 6. The van der Waals surface area contributed by atoms with Crippen LogP contribution in [0, 0.1) is 0 Å². The second-order valence-corrected chi connectivity index (χ2v) is 6.68. The number of oxazole rings is 1. The highest BCUT2D eigenvalue weighted by molar-refractivity contribution is 7.13. The smallest absolute Gasteiger partial charge is 0.236 e. The minimum Gasteiger partial charge on any atom is -0.444 e. The fourth-order valence-electron chi connectivity index (χ4n) is 2.88. The molecule has 1 atom stereocenters. The molecule has 1 saturated heterocycles. The molecule has 5 nitrogen and oxygen atoms in total. The van der Waals surface area contributed by atoms with Crippen molar-refractivity contribution in [2.75, 3.05) is 39.9 Å². The maximum atomic E-state index is 5.60. The molecule has 2 aromatic rings. The molecule has 1 fully saturated rings. The molecule has 0 saturated carbocycles. The highest BCUT2D eigenvalue weighted by Gasteiger charge is 2.24. The first-order valence-electron chi connectivity index (χ1n) is 7.70. The maximum absolute atomic E-state index is 5.60. The quantitative estimate of drug-likeness (QED) is 0.818. The highest BCUT2D eigenvalue weighted by atomic mass is 32.1. The zero-order valence-corrected chi connectivity index (χ0v) is 14.0. The number of thiophene rings is 1. The van der Waals surface area contributed by atoms with E-state index < -0.39 is 0 Å². The predicted octanol–water partition coefficient (Wildman–Crippen LogP) is 2.56. The second-order valence-electron chi connectivity index (χ2n) is 5.73. The summed E-state index contributed by atoms with van der Waals surface area (Å²) >= 11 is 1.66. The van der Waals surface area contributed by atoms with Crippen molar-refractivity contribution in [2.45, 2.75) is 19.5 Å². The summed E-state index contributed by atoms with van der Waals surface area (Å²) in [7, 11) is 1.76. The Morgan fingerprint density at radius 1 is 1.45 bits per heavy atom. The molecule has 0 radical (unpaired) electrons. The number of piperazine rings is 1. The van der Waals surface area contributed by atoms with E-state index in [-0.39, 0.29) is 0 Å². The summed E-state index contributed by atoms with van der Waals surface area (Å²) in [4.78, 5) is 10.6. The Balaban J connectivity index is 1.54. The third kappa shape index (κ3) is 3.76. The lowest BCUT2D eigenvalue weighted by molar-refractivity contribution is 0.0552. The number of rotatable bonds is 6. The van der Waals surface area contributed by atoms with Crippen molar-refractivity contribution >= 4 is 11.3 Å². The molecule has 0 N–H and O–H groups in total. The standard InChI is InChI=1S/C16H23N3O2S/c1-13-10-18(5-6-19(13)7-8-20-2)11-14-12-21-16(17-14)15-4-3-9-22-15/h3-4,9,12-13H,5-8,10-11H2,1-2H3. The van der Waals surface area contributed by atoms with Gasteiger partial charge in [-0.05, 0) is 18.4 Å². The zero-order valence-electron chi connectivity index (χ0n) is 13.2. The van der Waals surface area contributed by atoms with Crippen LogP contribution in [0.15, 0.2) is 28.2 Å². The summed E-state index contributed by atoms with van der Waals surface area (Å²) in [6.07, 6.45) is 1.79. The third-order valence-corrected chi connectivity index (χ3v) is 4.96. The van der Waals surface area contributed by atoms with Crippen molar-refractivity contribution in [3.63, 3.8) is 0 Å². The van der Waals surface area contributed by atoms with E-state index in [9.17, 15) is 0 Å². The van der Waals surface area contributed by atoms with E-state index in [1.165, 1.54) is 0 Å². The van der Waals surface area contributed by atoms with Crippen LogP contribution in [0.2, 0.25) is 0 Å². The van der Waals surface area contributed by atoms with E-state index in [1.807, 2.05) is 17.5 Å². The zero-order chi connectivity index (χ0) is 15.4. The van der Waals surface area contributed by atoms with Crippen LogP contribution in [0.4, 0.5) is 0 Å². The Labute approximate surface area is 135 Å². The number of methoxy groups -OCH3 is 1. The molecular formula is C16H23N3O2S. The van der Waals surface area contributed by atoms with Crippen molar-refractivity contribution < 1.29 is 9.15 Å². The predicted molar refractivity (Wildman–Crippen MR) is 88.0 cm³/mol. The van der Waals surface area contributed by atoms with E-state index in [0.29, 0.717) is 6.04 Å². The van der Waals surface area contributed by atoms with Crippen LogP contribution in [0.3, 0.4) is 0 Å². The third-order valence-electron chi connectivity index (χ3n) is 4.10. The first kappa shape index (κ1) is 15.7. The van der Waals surface area contributed by atoms with Gasteiger partial charge < -0.3 is 9.15 Å². The van der Waals surface area contributed by atoms with Gasteiger partial charge in [-0.2, -0.15) is 0 Å². The lowest BCUT2D eigenvalue weighted by atomic mass is 10.2. The SMILES string of the molecule is COCCN1CCN(Cc2coc(-c3cccs3)n2)CC1C. The minimum atomic E-state index is 0.549. The largest absolute Gasteiger partial charge is 0.444 e. The van der Waals surface area contributed by atoms with Gasteiger partial charge in [0.25, 0.3) is 0 Å². The second kappa shape index (κ2) is 7.37. The molecule has 1 unspecified atom stereocenters. The van der Waals surface area contributed by atoms with Crippen LogP contribution in [0.25, 0.3) is 10.8 Å². The Kier molecular flexibility index (Phi) is 5.25. The Morgan fingerprint density at radius 2 is 2.36 bits per heavy atom. The van der Waals surface area contributed by atoms with E-state index in [4.69, 9.17) is 9.15 Å². The van der Waals surface area contributed by atoms with Gasteiger partial charge in [0.15, 0.2) is 0 Å². The van der Waals surface area contributed by atoms with Gasteiger partial charge in [-0.15, -0.1) is 11.3 Å². The highest BCUT2D eigenvalue weighted by Crippen LogP contribution is 2.24. The Bertz CT molecular complexity index is 570. The molecular weight excluding hydrogens is 298 g/mol. The summed E-state index contributed by atoms with van der Waals surface area (Å²) < 4.78 is 10.8. The van der Waals surface area contributed by atoms with Crippen molar-refractivity contribution in [3.8, 4) is 10.8 Å². The first-order chi connectivity index (χ1) is 10.8. The first-order valence-corrected chi connectivity index (χ1v) is 8.58. The van der Waals surface area contributed by atoms with Gasteiger partial charge in [0.1, 0.15) is 6.26 Å². The van der Waals surface area contributed by atoms with Gasteiger partial charge in [-0.25, -0.2) is 4.98 Å². The summed E-state index contributed by atoms with van der Waals surface area (Å²) in [6.45, 7) is 8.16. The lowest BCUT2D eigenvalue weighted by Crippen LogP contribution is -2.52. The summed E-state index contributed by atoms with van der Waals surface area (Å²) in [5.41, 5.74) is 1.01. The molecule has 0 aliphatic carbocycles. The molecule has 2 aromatic heterocycles. The number of nitrogens with zero attached hydrogens (tertiary/aromatic N) is 3. The Morgan fingerprint density at radius 3 is 3.09 bits per heavy atom. The number of hydrogen-bond donors (Lipinski definition) is 0. The van der Waals surface area contributed by atoms with Gasteiger partial charge in [0.05, 0.1) is 17.2 Å². The van der Waals surface area contributed by atoms with Gasteiger partial charge in [-0.3, -0.25) is 9.80 Å². The maximum Gasteiger partial charge on any atom is 0.236 e. The summed E-state index contributed by atoms with van der Waals surface area (Å²) in [5.74, 6) is 0.733. The molecule has 3 rings (SSSR count). The average molecular weight is 321 g/mol. The van der Waals surface area contributed by atoms with Crippen LogP contribution >= 0.6 is 11.3 Å². The van der Waals surface area contributed by atoms with Crippen molar-refractivity contribution in [1.82, 2.24) is 14.8 Å². The molecule has 6 heteroatoms. The molecule has 0 amide bonds. The number of ether oxygens (including phenoxy) is 1. The van der Waals surface area contributed by atoms with Gasteiger partial charge in [-0.1, -0.05) is 6.07 Å². The van der Waals surface area contributed by atoms with Crippen molar-refractivity contribution in [3.05, 3.63) is 29.5 Å². The lowest BCUT2D eigenvalue weighted by Gasteiger charge is -2.39. The summed E-state index contributed by atoms with van der Waals surface area (Å²) in [5, 5.41) is 2.04. The van der Waals surface area contributed by atoms with Crippen LogP contribution in [-0.4, -0.2) is 60.7 Å². The molecule has 120 valence electrons. The Hall–Kier alpha value is -1.21. The van der Waals surface area contributed by atoms with E-state index in [2.05, 4.69) is 21.7 Å². The molecule has 1 aliphatic rings. The average Bonchev–Trinajstić information content (AvgIpc) is 3.17. The topological polar surface area (TPSA) is 41.7 Å². The van der Waals surface area contributed by atoms with E-state index in [1.54, 1.807) is 24.7 Å².